The number of benzene rings is 3. The summed E-state index contributed by atoms with van der Waals surface area (Å²) in [5.74, 6) is 1.47. The van der Waals surface area contributed by atoms with E-state index in [1.54, 1.807) is 0 Å². The van der Waals surface area contributed by atoms with Gasteiger partial charge in [-0.1, -0.05) is 80.8 Å². The molecular formula is C26H26O2S. The van der Waals surface area contributed by atoms with Crippen LogP contribution in [-0.2, 0) is 11.2 Å². The third-order valence-electron chi connectivity index (χ3n) is 5.36. The number of hydrogen-bond donors (Lipinski definition) is 0. The lowest BCUT2D eigenvalue weighted by atomic mass is 10.1. The first-order chi connectivity index (χ1) is 14.3. The van der Waals surface area contributed by atoms with Crippen LogP contribution in [0.1, 0.15) is 43.7 Å². The van der Waals surface area contributed by atoms with Gasteiger partial charge < -0.3 is 4.74 Å². The number of rotatable bonds is 8. The second-order valence-electron chi connectivity index (χ2n) is 7.39. The predicted octanol–water partition coefficient (Wildman–Crippen LogP) is 7.06. The summed E-state index contributed by atoms with van der Waals surface area (Å²) in [5, 5.41) is 2.14. The fourth-order valence-electron chi connectivity index (χ4n) is 3.80. The number of esters is 1. The van der Waals surface area contributed by atoms with E-state index in [0.29, 0.717) is 11.3 Å². The lowest BCUT2D eigenvalue weighted by Crippen LogP contribution is -2.10. The molecule has 0 spiro atoms. The van der Waals surface area contributed by atoms with Crippen LogP contribution in [0.3, 0.4) is 0 Å². The summed E-state index contributed by atoms with van der Waals surface area (Å²) in [4.78, 5) is 14.1. The molecule has 0 saturated heterocycles. The fourth-order valence-corrected chi connectivity index (χ4v) is 4.87. The van der Waals surface area contributed by atoms with Crippen molar-refractivity contribution in [3.63, 3.8) is 0 Å². The zero-order valence-corrected chi connectivity index (χ0v) is 17.6. The topological polar surface area (TPSA) is 26.3 Å². The van der Waals surface area contributed by atoms with Gasteiger partial charge in [0.1, 0.15) is 5.75 Å². The van der Waals surface area contributed by atoms with Crippen LogP contribution in [0.15, 0.2) is 71.6 Å². The second kappa shape index (κ2) is 9.32. The maximum Gasteiger partial charge on any atom is 0.343 e. The first kappa shape index (κ1) is 19.8. The minimum Gasteiger partial charge on any atom is -0.422 e. The summed E-state index contributed by atoms with van der Waals surface area (Å²) in [5.41, 5.74) is 2.83. The lowest BCUT2D eigenvalue weighted by Gasteiger charge is -2.12. The Labute approximate surface area is 177 Å². The van der Waals surface area contributed by atoms with Gasteiger partial charge in [0.2, 0.25) is 0 Å². The molecule has 0 aromatic heterocycles. The number of carbonyl (C=O) groups excluding carboxylic acids is 1. The van der Waals surface area contributed by atoms with Crippen LogP contribution in [0.4, 0.5) is 0 Å². The molecule has 29 heavy (non-hydrogen) atoms. The number of allylic oxidation sites excluding steroid dienone is 1. The van der Waals surface area contributed by atoms with Gasteiger partial charge in [-0.15, -0.1) is 11.8 Å². The zero-order chi connectivity index (χ0) is 20.1. The van der Waals surface area contributed by atoms with E-state index in [4.69, 9.17) is 4.74 Å². The van der Waals surface area contributed by atoms with Gasteiger partial charge in [0.05, 0.1) is 5.57 Å². The van der Waals surface area contributed by atoms with Gasteiger partial charge in [0, 0.05) is 10.3 Å². The Kier molecular flexibility index (Phi) is 6.36. The number of thioether (sulfide) groups is 1. The van der Waals surface area contributed by atoms with Gasteiger partial charge in [0.25, 0.3) is 0 Å². The molecule has 0 radical (unpaired) electrons. The molecule has 0 aliphatic heterocycles. The zero-order valence-electron chi connectivity index (χ0n) is 16.8. The Bertz CT molecular complexity index is 1050. The first-order valence-electron chi connectivity index (χ1n) is 10.4. The van der Waals surface area contributed by atoms with Crippen molar-refractivity contribution >= 4 is 34.1 Å². The van der Waals surface area contributed by atoms with Crippen molar-refractivity contribution in [2.45, 2.75) is 43.9 Å². The molecule has 0 N–H and O–H groups in total. The molecule has 0 fully saturated rings. The molecular weight excluding hydrogens is 376 g/mol. The molecule has 148 valence electrons. The summed E-state index contributed by atoms with van der Waals surface area (Å²) >= 11 is 1.89. The van der Waals surface area contributed by atoms with Crippen LogP contribution in [0, 0.1) is 0 Å². The quantitative estimate of drug-likeness (QED) is 0.175. The number of unbranched alkanes of at least 4 members (excludes halogenated alkanes) is 3. The summed E-state index contributed by atoms with van der Waals surface area (Å²) in [6.45, 7) is 2.24. The fraction of sp³-hybridized carbons (Fsp3) is 0.269. The van der Waals surface area contributed by atoms with E-state index in [1.807, 2.05) is 60.3 Å². The summed E-state index contributed by atoms with van der Waals surface area (Å²) in [6, 6.07) is 20.3. The largest absolute Gasteiger partial charge is 0.422 e. The smallest absolute Gasteiger partial charge is 0.343 e. The van der Waals surface area contributed by atoms with E-state index >= 15 is 0 Å². The van der Waals surface area contributed by atoms with Gasteiger partial charge in [-0.3, -0.25) is 0 Å². The van der Waals surface area contributed by atoms with Crippen LogP contribution in [-0.4, -0.2) is 11.7 Å². The minimum absolute atomic E-state index is 0.278. The van der Waals surface area contributed by atoms with Gasteiger partial charge in [-0.25, -0.2) is 4.79 Å². The third-order valence-corrected chi connectivity index (χ3v) is 6.52. The summed E-state index contributed by atoms with van der Waals surface area (Å²) < 4.78 is 5.86. The van der Waals surface area contributed by atoms with E-state index < -0.39 is 0 Å². The minimum atomic E-state index is -0.278. The highest BCUT2D eigenvalue weighted by Gasteiger charge is 2.22. The van der Waals surface area contributed by atoms with Crippen LogP contribution >= 0.6 is 11.8 Å². The second-order valence-corrected chi connectivity index (χ2v) is 8.52. The monoisotopic (exact) mass is 402 g/mol. The Hall–Kier alpha value is -2.52. The molecule has 0 unspecified atom stereocenters. The van der Waals surface area contributed by atoms with Crippen molar-refractivity contribution in [3.05, 3.63) is 77.9 Å². The molecule has 2 nitrogen and oxygen atoms in total. The van der Waals surface area contributed by atoms with Crippen molar-refractivity contribution in [2.75, 3.05) is 5.75 Å². The molecule has 0 bridgehead atoms. The standard InChI is InChI=1S/C26H26O2S/c1-2-3-4-9-18-29-25-17-16-24(21-12-7-8-13-22(21)25)28-26(27)23-15-14-19-10-5-6-11-20(19)23/h5-8,10-13,15-17H,2-4,9,14,18H2,1H3. The van der Waals surface area contributed by atoms with Gasteiger partial charge in [-0.05, 0) is 47.2 Å². The molecule has 0 amide bonds. The molecule has 0 heterocycles. The van der Waals surface area contributed by atoms with Crippen molar-refractivity contribution in [2.24, 2.45) is 0 Å². The van der Waals surface area contributed by atoms with Crippen molar-refractivity contribution < 1.29 is 9.53 Å². The third kappa shape index (κ3) is 4.40. The molecule has 0 atom stereocenters. The average molecular weight is 403 g/mol. The number of carbonyl (C=O) groups is 1. The van der Waals surface area contributed by atoms with Crippen molar-refractivity contribution in [1.82, 2.24) is 0 Å². The number of ether oxygens (including phenoxy) is 1. The first-order valence-corrected chi connectivity index (χ1v) is 11.4. The Morgan fingerprint density at radius 2 is 1.72 bits per heavy atom. The molecule has 1 aliphatic rings. The highest BCUT2D eigenvalue weighted by molar-refractivity contribution is 7.99. The van der Waals surface area contributed by atoms with E-state index in [0.717, 1.165) is 28.5 Å². The van der Waals surface area contributed by atoms with Gasteiger partial charge >= 0.3 is 5.97 Å². The molecule has 4 rings (SSSR count). The Morgan fingerprint density at radius 3 is 2.59 bits per heavy atom. The van der Waals surface area contributed by atoms with Crippen LogP contribution in [0.5, 0.6) is 5.75 Å². The predicted molar refractivity (Wildman–Crippen MR) is 123 cm³/mol. The average Bonchev–Trinajstić information content (AvgIpc) is 3.19. The van der Waals surface area contributed by atoms with Crippen LogP contribution in [0.25, 0.3) is 16.3 Å². The molecule has 0 saturated carbocycles. The number of fused-ring (bicyclic) bond motifs is 2. The Balaban J connectivity index is 1.53. The Morgan fingerprint density at radius 1 is 0.931 bits per heavy atom. The van der Waals surface area contributed by atoms with E-state index in [9.17, 15) is 4.79 Å². The van der Waals surface area contributed by atoms with Crippen molar-refractivity contribution in [3.8, 4) is 5.75 Å². The van der Waals surface area contributed by atoms with Gasteiger partial charge in [-0.2, -0.15) is 0 Å². The highest BCUT2D eigenvalue weighted by atomic mass is 32.2. The van der Waals surface area contributed by atoms with Crippen LogP contribution < -0.4 is 4.74 Å². The summed E-state index contributed by atoms with van der Waals surface area (Å²) in [7, 11) is 0. The molecule has 1 aliphatic carbocycles. The maximum atomic E-state index is 12.9. The maximum absolute atomic E-state index is 12.9. The van der Waals surface area contributed by atoms with E-state index in [-0.39, 0.29) is 5.97 Å². The molecule has 3 aromatic carbocycles. The lowest BCUT2D eigenvalue weighted by molar-refractivity contribution is -0.127. The van der Waals surface area contributed by atoms with Crippen molar-refractivity contribution in [1.29, 1.82) is 0 Å². The highest BCUT2D eigenvalue weighted by Crippen LogP contribution is 2.36. The van der Waals surface area contributed by atoms with E-state index in [1.165, 1.54) is 36.1 Å². The van der Waals surface area contributed by atoms with E-state index in [2.05, 4.69) is 25.1 Å². The normalized spacial score (nSPS) is 12.7. The van der Waals surface area contributed by atoms with Crippen LogP contribution in [0.2, 0.25) is 0 Å². The summed E-state index contributed by atoms with van der Waals surface area (Å²) in [6.07, 6.45) is 7.83. The number of hydrogen-bond acceptors (Lipinski definition) is 3. The molecule has 3 aromatic rings. The molecule has 3 heteroatoms. The SMILES string of the molecule is CCCCCCSc1ccc(OC(=O)C2=CCc3ccccc32)c2ccccc12. The van der Waals surface area contributed by atoms with Gasteiger partial charge in [0.15, 0.2) is 0 Å².